The molecule has 0 aromatic heterocycles. The van der Waals surface area contributed by atoms with Crippen LogP contribution in [0.2, 0.25) is 0 Å². The predicted octanol–water partition coefficient (Wildman–Crippen LogP) is 1.71. The number of nitrogens with one attached hydrogen (secondary N) is 2. The first-order valence-electron chi connectivity index (χ1n) is 5.97. The maximum absolute atomic E-state index is 11.2. The molecule has 0 unspecified atom stereocenters. The molecule has 0 aliphatic rings. The van der Waals surface area contributed by atoms with E-state index in [1.807, 2.05) is 0 Å². The highest BCUT2D eigenvalue weighted by Gasteiger charge is 2.18. The maximum atomic E-state index is 11.2. The second kappa shape index (κ2) is 6.30. The van der Waals surface area contributed by atoms with Crippen molar-refractivity contribution in [2.45, 2.75) is 39.0 Å². The first-order valence-corrected chi connectivity index (χ1v) is 5.97. The van der Waals surface area contributed by atoms with E-state index in [4.69, 9.17) is 0 Å². The summed E-state index contributed by atoms with van der Waals surface area (Å²) in [6.07, 6.45) is 5.95. The molecule has 4 nitrogen and oxygen atoms in total. The largest absolute Gasteiger partial charge is 0.383 e. The first-order chi connectivity index (χ1) is 7.72. The fourth-order valence-corrected chi connectivity index (χ4v) is 1.74. The Labute approximate surface area is 95.8 Å². The van der Waals surface area contributed by atoms with E-state index in [0.717, 1.165) is 13.0 Å². The summed E-state index contributed by atoms with van der Waals surface area (Å²) in [5.41, 5.74) is 0.0930. The van der Waals surface area contributed by atoms with Gasteiger partial charge in [-0.3, -0.25) is 9.59 Å². The fourth-order valence-electron chi connectivity index (χ4n) is 1.74. The normalized spacial score (nSPS) is 10.6. The highest BCUT2D eigenvalue weighted by Crippen LogP contribution is 2.13. The van der Waals surface area contributed by atoms with Crippen LogP contribution in [0.5, 0.6) is 0 Å². The van der Waals surface area contributed by atoms with E-state index in [1.165, 1.54) is 25.7 Å². The van der Waals surface area contributed by atoms with Gasteiger partial charge in [-0.15, -0.1) is 0 Å². The molecule has 1 aromatic carbocycles. The van der Waals surface area contributed by atoms with Crippen LogP contribution in [-0.4, -0.2) is 13.6 Å². The summed E-state index contributed by atoms with van der Waals surface area (Å²) in [4.78, 5) is 22.3. The van der Waals surface area contributed by atoms with Crippen molar-refractivity contribution in [1.29, 1.82) is 0 Å². The van der Waals surface area contributed by atoms with Crippen LogP contribution in [0.15, 0.2) is 9.59 Å². The number of hydrogen-bond acceptors (Lipinski definition) is 4. The first kappa shape index (κ1) is 12.7. The van der Waals surface area contributed by atoms with E-state index in [1.54, 1.807) is 7.05 Å². The van der Waals surface area contributed by atoms with Crippen molar-refractivity contribution in [2.75, 3.05) is 24.2 Å². The SMILES string of the molecule is CCCCCCCNc1c(NC)c(=O)c1=O. The lowest BCUT2D eigenvalue weighted by molar-refractivity contribution is 0.645. The molecular formula is C12H20N2O2. The van der Waals surface area contributed by atoms with Crippen LogP contribution in [-0.2, 0) is 0 Å². The van der Waals surface area contributed by atoms with Crippen molar-refractivity contribution < 1.29 is 0 Å². The smallest absolute Gasteiger partial charge is 0.253 e. The quantitative estimate of drug-likeness (QED) is 0.521. The molecule has 0 bridgehead atoms. The molecule has 0 radical (unpaired) electrons. The molecule has 0 aliphatic carbocycles. The van der Waals surface area contributed by atoms with Crippen LogP contribution in [0.3, 0.4) is 0 Å². The molecule has 0 atom stereocenters. The van der Waals surface area contributed by atoms with E-state index >= 15 is 0 Å². The van der Waals surface area contributed by atoms with Crippen LogP contribution >= 0.6 is 0 Å². The van der Waals surface area contributed by atoms with Crippen LogP contribution < -0.4 is 21.5 Å². The number of hydrogen-bond donors (Lipinski definition) is 2. The number of unbranched alkanes of at least 4 members (excludes halogenated alkanes) is 4. The highest BCUT2D eigenvalue weighted by molar-refractivity contribution is 5.73. The van der Waals surface area contributed by atoms with Gasteiger partial charge in [-0.25, -0.2) is 0 Å². The van der Waals surface area contributed by atoms with E-state index in [9.17, 15) is 9.59 Å². The van der Waals surface area contributed by atoms with Crippen LogP contribution in [0.1, 0.15) is 39.0 Å². The third-order valence-electron chi connectivity index (χ3n) is 2.74. The number of anilines is 2. The molecule has 0 saturated carbocycles. The van der Waals surface area contributed by atoms with Gasteiger partial charge in [-0.05, 0) is 6.42 Å². The van der Waals surface area contributed by atoms with Crippen LogP contribution in [0, 0.1) is 0 Å². The molecule has 0 spiro atoms. The Morgan fingerprint density at radius 2 is 1.56 bits per heavy atom. The van der Waals surface area contributed by atoms with Gasteiger partial charge in [0.15, 0.2) is 0 Å². The maximum Gasteiger partial charge on any atom is 0.253 e. The van der Waals surface area contributed by atoms with Crippen molar-refractivity contribution in [3.63, 3.8) is 0 Å². The zero-order valence-corrected chi connectivity index (χ0v) is 10.1. The molecule has 0 amide bonds. The Morgan fingerprint density at radius 1 is 0.938 bits per heavy atom. The van der Waals surface area contributed by atoms with Crippen molar-refractivity contribution in [1.82, 2.24) is 0 Å². The van der Waals surface area contributed by atoms with E-state index in [-0.39, 0.29) is 0 Å². The summed E-state index contributed by atoms with van der Waals surface area (Å²) in [6, 6.07) is 0. The molecule has 16 heavy (non-hydrogen) atoms. The summed E-state index contributed by atoms with van der Waals surface area (Å²) in [5, 5.41) is 5.76. The molecule has 0 saturated heterocycles. The lowest BCUT2D eigenvalue weighted by Crippen LogP contribution is -2.36. The van der Waals surface area contributed by atoms with E-state index < -0.39 is 10.9 Å². The van der Waals surface area contributed by atoms with Crippen molar-refractivity contribution in [3.05, 3.63) is 20.4 Å². The lowest BCUT2D eigenvalue weighted by Gasteiger charge is -2.12. The zero-order chi connectivity index (χ0) is 12.0. The summed E-state index contributed by atoms with van der Waals surface area (Å²) in [5.74, 6) is 0. The van der Waals surface area contributed by atoms with Crippen molar-refractivity contribution >= 4 is 11.4 Å². The third-order valence-corrected chi connectivity index (χ3v) is 2.74. The highest BCUT2D eigenvalue weighted by atomic mass is 16.2. The van der Waals surface area contributed by atoms with Gasteiger partial charge in [0.05, 0.1) is 0 Å². The topological polar surface area (TPSA) is 58.2 Å². The molecule has 0 fully saturated rings. The van der Waals surface area contributed by atoms with Gasteiger partial charge in [0.25, 0.3) is 10.9 Å². The van der Waals surface area contributed by atoms with Gasteiger partial charge in [0.2, 0.25) is 0 Å². The number of rotatable bonds is 8. The summed E-state index contributed by atoms with van der Waals surface area (Å²) >= 11 is 0. The molecule has 1 rings (SSSR count). The van der Waals surface area contributed by atoms with E-state index in [0.29, 0.717) is 11.4 Å². The van der Waals surface area contributed by atoms with Crippen molar-refractivity contribution in [3.8, 4) is 0 Å². The monoisotopic (exact) mass is 224 g/mol. The van der Waals surface area contributed by atoms with Crippen LogP contribution in [0.4, 0.5) is 11.4 Å². The third kappa shape index (κ3) is 2.84. The van der Waals surface area contributed by atoms with E-state index in [2.05, 4.69) is 17.6 Å². The molecule has 0 aliphatic heterocycles. The minimum atomic E-state index is -0.406. The molecule has 90 valence electrons. The standard InChI is InChI=1S/C12H20N2O2/c1-3-4-5-6-7-8-14-10-9(13-2)11(15)12(10)16/h13-14H,3-8H2,1-2H3. The Bertz CT molecular complexity index is 392. The minimum Gasteiger partial charge on any atom is -0.383 e. The minimum absolute atomic E-state index is 0.391. The van der Waals surface area contributed by atoms with Crippen LogP contribution in [0.25, 0.3) is 0 Å². The summed E-state index contributed by atoms with van der Waals surface area (Å²) in [6.45, 7) is 2.95. The van der Waals surface area contributed by atoms with Gasteiger partial charge in [-0.2, -0.15) is 0 Å². The second-order valence-corrected chi connectivity index (χ2v) is 4.00. The predicted molar refractivity (Wildman–Crippen MR) is 68.1 cm³/mol. The average Bonchev–Trinajstić information content (AvgIpc) is 2.31. The fraction of sp³-hybridized carbons (Fsp3) is 0.667. The molecular weight excluding hydrogens is 204 g/mol. The van der Waals surface area contributed by atoms with Gasteiger partial charge in [0, 0.05) is 13.6 Å². The molecule has 0 heterocycles. The molecule has 1 aromatic rings. The summed E-state index contributed by atoms with van der Waals surface area (Å²) in [7, 11) is 1.66. The zero-order valence-electron chi connectivity index (χ0n) is 10.1. The van der Waals surface area contributed by atoms with Gasteiger partial charge in [-0.1, -0.05) is 32.6 Å². The Balaban J connectivity index is 2.25. The Kier molecular flexibility index (Phi) is 5.02. The molecule has 2 N–H and O–H groups in total. The van der Waals surface area contributed by atoms with Gasteiger partial charge in [0.1, 0.15) is 11.4 Å². The Morgan fingerprint density at radius 3 is 2.19 bits per heavy atom. The van der Waals surface area contributed by atoms with Gasteiger partial charge < -0.3 is 10.6 Å². The van der Waals surface area contributed by atoms with Crippen molar-refractivity contribution in [2.24, 2.45) is 0 Å². The average molecular weight is 224 g/mol. The Hall–Kier alpha value is -1.32. The second-order valence-electron chi connectivity index (χ2n) is 4.00. The lowest BCUT2D eigenvalue weighted by atomic mass is 10.1. The molecule has 4 heteroatoms. The van der Waals surface area contributed by atoms with Gasteiger partial charge >= 0.3 is 0 Å². The summed E-state index contributed by atoms with van der Waals surface area (Å²) < 4.78 is 0.